The van der Waals surface area contributed by atoms with Gasteiger partial charge in [-0.25, -0.2) is 9.37 Å². The van der Waals surface area contributed by atoms with Gasteiger partial charge in [-0.15, -0.1) is 0 Å². The Morgan fingerprint density at radius 3 is 2.65 bits per heavy atom. The first-order valence-electron chi connectivity index (χ1n) is 11.7. The topological polar surface area (TPSA) is 78.7 Å². The molecule has 2 heterocycles. The van der Waals surface area contributed by atoms with Crippen molar-refractivity contribution in [1.29, 1.82) is 5.26 Å². The van der Waals surface area contributed by atoms with Crippen molar-refractivity contribution in [3.63, 3.8) is 0 Å². The van der Waals surface area contributed by atoms with E-state index in [0.717, 1.165) is 29.7 Å². The quantitative estimate of drug-likeness (QED) is 0.613. The molecule has 0 spiro atoms. The highest BCUT2D eigenvalue weighted by Gasteiger charge is 2.34. The molecule has 1 aliphatic heterocycles. The van der Waals surface area contributed by atoms with Gasteiger partial charge in [0.15, 0.2) is 11.6 Å². The fourth-order valence-electron chi connectivity index (χ4n) is 4.77. The standard InChI is InChI=1S/C26H31FN4O3/c1-16-15-30(10-11-31(16)23(32)9-12-33-3)26-20(14-28)17(2)24(25(29-26)18-5-6-18)19-7-8-22(34-4)21(27)13-19/h7-8,13,16,18H,5-6,9-12,15H2,1-4H3. The third kappa shape index (κ3) is 4.58. The molecule has 7 nitrogen and oxygen atoms in total. The Bertz CT molecular complexity index is 1130. The molecule has 1 unspecified atom stereocenters. The van der Waals surface area contributed by atoms with E-state index >= 15 is 0 Å². The fraction of sp³-hybridized carbons (Fsp3) is 0.500. The minimum absolute atomic E-state index is 0.00788. The van der Waals surface area contributed by atoms with Gasteiger partial charge >= 0.3 is 0 Å². The number of hydrogen-bond acceptors (Lipinski definition) is 6. The molecule has 8 heteroatoms. The molecular weight excluding hydrogens is 435 g/mol. The zero-order valence-corrected chi connectivity index (χ0v) is 20.2. The van der Waals surface area contributed by atoms with Crippen LogP contribution in [0.25, 0.3) is 11.1 Å². The minimum atomic E-state index is -0.438. The molecule has 34 heavy (non-hydrogen) atoms. The molecule has 1 amide bonds. The van der Waals surface area contributed by atoms with E-state index in [1.54, 1.807) is 13.2 Å². The number of rotatable bonds is 7. The maximum atomic E-state index is 14.5. The Labute approximate surface area is 200 Å². The molecule has 0 radical (unpaired) electrons. The van der Waals surface area contributed by atoms with Crippen LogP contribution < -0.4 is 9.64 Å². The molecule has 180 valence electrons. The lowest BCUT2D eigenvalue weighted by Crippen LogP contribution is -2.54. The van der Waals surface area contributed by atoms with Gasteiger partial charge in [0.2, 0.25) is 5.91 Å². The van der Waals surface area contributed by atoms with Crippen LogP contribution >= 0.6 is 0 Å². The predicted octanol–water partition coefficient (Wildman–Crippen LogP) is 4.03. The summed E-state index contributed by atoms with van der Waals surface area (Å²) in [7, 11) is 3.03. The summed E-state index contributed by atoms with van der Waals surface area (Å²) in [4.78, 5) is 21.5. The largest absolute Gasteiger partial charge is 0.494 e. The van der Waals surface area contributed by atoms with Crippen molar-refractivity contribution in [2.45, 2.75) is 45.1 Å². The summed E-state index contributed by atoms with van der Waals surface area (Å²) in [6, 6.07) is 7.24. The normalized spacial score (nSPS) is 18.1. The number of ether oxygens (including phenoxy) is 2. The second-order valence-corrected chi connectivity index (χ2v) is 9.06. The Kier molecular flexibility index (Phi) is 7.03. The second-order valence-electron chi connectivity index (χ2n) is 9.06. The molecule has 0 bridgehead atoms. The third-order valence-corrected chi connectivity index (χ3v) is 6.74. The van der Waals surface area contributed by atoms with Crippen molar-refractivity contribution in [2.24, 2.45) is 0 Å². The molecular formula is C26H31FN4O3. The average Bonchev–Trinajstić information content (AvgIpc) is 3.67. The second kappa shape index (κ2) is 9.98. The van der Waals surface area contributed by atoms with Gasteiger partial charge in [-0.2, -0.15) is 5.26 Å². The zero-order valence-electron chi connectivity index (χ0n) is 20.2. The molecule has 1 aromatic heterocycles. The monoisotopic (exact) mass is 466 g/mol. The number of nitriles is 1. The van der Waals surface area contributed by atoms with Gasteiger partial charge in [0.25, 0.3) is 0 Å². The first-order chi connectivity index (χ1) is 16.4. The van der Waals surface area contributed by atoms with Crippen LogP contribution in [-0.2, 0) is 9.53 Å². The van der Waals surface area contributed by atoms with Crippen LogP contribution in [-0.4, -0.2) is 62.3 Å². The maximum Gasteiger partial charge on any atom is 0.225 e. The van der Waals surface area contributed by atoms with Gasteiger partial charge in [0.05, 0.1) is 31.4 Å². The Hall–Kier alpha value is -3.18. The number of halogens is 1. The lowest BCUT2D eigenvalue weighted by Gasteiger charge is -2.41. The van der Waals surface area contributed by atoms with Gasteiger partial charge in [-0.05, 0) is 49.9 Å². The van der Waals surface area contributed by atoms with Gasteiger partial charge in [-0.3, -0.25) is 4.79 Å². The molecule has 4 rings (SSSR count). The van der Waals surface area contributed by atoms with Crippen molar-refractivity contribution in [2.75, 3.05) is 45.4 Å². The van der Waals surface area contributed by atoms with Crippen LogP contribution in [0.2, 0.25) is 0 Å². The molecule has 2 aromatic rings. The summed E-state index contributed by atoms with van der Waals surface area (Å²) < 4.78 is 24.7. The molecule has 1 atom stereocenters. The first-order valence-corrected chi connectivity index (χ1v) is 11.7. The van der Waals surface area contributed by atoms with Crippen LogP contribution in [0.15, 0.2) is 18.2 Å². The number of methoxy groups -OCH3 is 2. The van der Waals surface area contributed by atoms with Crippen LogP contribution in [0.3, 0.4) is 0 Å². The van der Waals surface area contributed by atoms with Gasteiger partial charge in [0, 0.05) is 44.3 Å². The highest BCUT2D eigenvalue weighted by Crippen LogP contribution is 2.47. The Morgan fingerprint density at radius 2 is 2.06 bits per heavy atom. The predicted molar refractivity (Wildman–Crippen MR) is 127 cm³/mol. The van der Waals surface area contributed by atoms with E-state index in [2.05, 4.69) is 11.0 Å². The molecule has 0 N–H and O–H groups in total. The highest BCUT2D eigenvalue weighted by molar-refractivity contribution is 5.79. The van der Waals surface area contributed by atoms with E-state index in [0.29, 0.717) is 55.5 Å². The maximum absolute atomic E-state index is 14.5. The van der Waals surface area contributed by atoms with E-state index in [-0.39, 0.29) is 17.7 Å². The van der Waals surface area contributed by atoms with Gasteiger partial charge in [0.1, 0.15) is 11.9 Å². The first kappa shape index (κ1) is 24.0. The van der Waals surface area contributed by atoms with E-state index < -0.39 is 5.82 Å². The summed E-state index contributed by atoms with van der Waals surface area (Å²) >= 11 is 0. The van der Waals surface area contributed by atoms with Crippen LogP contribution in [0.4, 0.5) is 10.2 Å². The van der Waals surface area contributed by atoms with Crippen molar-refractivity contribution in [1.82, 2.24) is 9.88 Å². The van der Waals surface area contributed by atoms with Crippen molar-refractivity contribution >= 4 is 11.7 Å². The molecule has 1 saturated carbocycles. The Morgan fingerprint density at radius 1 is 1.29 bits per heavy atom. The van der Waals surface area contributed by atoms with Crippen molar-refractivity contribution in [3.8, 4) is 22.9 Å². The molecule has 2 aliphatic rings. The minimum Gasteiger partial charge on any atom is -0.494 e. The number of carbonyl (C=O) groups excluding carboxylic acids is 1. The summed E-state index contributed by atoms with van der Waals surface area (Å²) in [5.41, 5.74) is 3.77. The van der Waals surface area contributed by atoms with Crippen LogP contribution in [0.1, 0.15) is 48.9 Å². The number of carbonyl (C=O) groups is 1. The van der Waals surface area contributed by atoms with Crippen LogP contribution in [0.5, 0.6) is 5.75 Å². The van der Waals surface area contributed by atoms with Crippen molar-refractivity contribution < 1.29 is 18.7 Å². The molecule has 1 aliphatic carbocycles. The number of benzene rings is 1. The smallest absolute Gasteiger partial charge is 0.225 e. The Balaban J connectivity index is 1.70. The van der Waals surface area contributed by atoms with Gasteiger partial charge in [-0.1, -0.05) is 6.07 Å². The number of aromatic nitrogens is 1. The number of hydrogen-bond donors (Lipinski definition) is 0. The highest BCUT2D eigenvalue weighted by atomic mass is 19.1. The lowest BCUT2D eigenvalue weighted by molar-refractivity contribution is -0.134. The average molecular weight is 467 g/mol. The fourth-order valence-corrected chi connectivity index (χ4v) is 4.77. The summed E-state index contributed by atoms with van der Waals surface area (Å²) in [5.74, 6) is 0.794. The van der Waals surface area contributed by atoms with E-state index in [1.165, 1.54) is 13.2 Å². The van der Waals surface area contributed by atoms with Gasteiger partial charge < -0.3 is 19.3 Å². The SMILES string of the molecule is COCCC(=O)N1CCN(c2nc(C3CC3)c(-c3ccc(OC)c(F)c3)c(C)c2C#N)CC1C. The third-order valence-electron chi connectivity index (χ3n) is 6.74. The number of piperazine rings is 1. The lowest BCUT2D eigenvalue weighted by atomic mass is 9.93. The molecule has 1 saturated heterocycles. The van der Waals surface area contributed by atoms with Crippen LogP contribution in [0, 0.1) is 24.1 Å². The number of amides is 1. The summed E-state index contributed by atoms with van der Waals surface area (Å²) in [6.45, 7) is 6.11. The summed E-state index contributed by atoms with van der Waals surface area (Å²) in [6.07, 6.45) is 2.42. The molecule has 2 fully saturated rings. The van der Waals surface area contributed by atoms with E-state index in [4.69, 9.17) is 14.5 Å². The van der Waals surface area contributed by atoms with Crippen molar-refractivity contribution in [3.05, 3.63) is 40.8 Å². The molecule has 1 aromatic carbocycles. The zero-order chi connectivity index (χ0) is 24.4. The number of anilines is 1. The number of pyridine rings is 1. The summed E-state index contributed by atoms with van der Waals surface area (Å²) in [5, 5.41) is 10.1. The van der Waals surface area contributed by atoms with E-state index in [1.807, 2.05) is 24.8 Å². The number of nitrogens with zero attached hydrogens (tertiary/aromatic N) is 4. The van der Waals surface area contributed by atoms with E-state index in [9.17, 15) is 14.4 Å².